The first-order chi connectivity index (χ1) is 18.7. The van der Waals surface area contributed by atoms with Gasteiger partial charge >= 0.3 is 0 Å². The van der Waals surface area contributed by atoms with Crippen LogP contribution >= 0.6 is 0 Å². The van der Waals surface area contributed by atoms with Gasteiger partial charge in [-0.25, -0.2) is 17.5 Å². The molecular weight excluding hydrogens is 513 g/mol. The van der Waals surface area contributed by atoms with Crippen LogP contribution in [0.2, 0.25) is 0 Å². The van der Waals surface area contributed by atoms with Crippen molar-refractivity contribution in [3.63, 3.8) is 0 Å². The Hall–Kier alpha value is -3.82. The molecule has 1 fully saturated rings. The maximum absolute atomic E-state index is 13.6. The van der Waals surface area contributed by atoms with E-state index >= 15 is 0 Å². The number of benzene rings is 3. The molecule has 1 atom stereocenters. The van der Waals surface area contributed by atoms with E-state index in [1.807, 2.05) is 29.1 Å². The van der Waals surface area contributed by atoms with Crippen LogP contribution in [0, 0.1) is 12.7 Å². The summed E-state index contributed by atoms with van der Waals surface area (Å²) in [5.74, 6) is -0.291. The maximum atomic E-state index is 13.6. The van der Waals surface area contributed by atoms with Gasteiger partial charge in [0.25, 0.3) is 0 Å². The minimum atomic E-state index is -3.67. The number of fused-ring (bicyclic) bond motifs is 1. The Bertz CT molecular complexity index is 1750. The topological polar surface area (TPSA) is 73.0 Å². The second-order valence-electron chi connectivity index (χ2n) is 10.5. The lowest BCUT2D eigenvalue weighted by molar-refractivity contribution is 0.393. The van der Waals surface area contributed by atoms with Crippen LogP contribution in [-0.2, 0) is 28.9 Å². The van der Waals surface area contributed by atoms with Crippen LogP contribution < -0.4 is 0 Å². The number of hydrogen-bond acceptors (Lipinski definition) is 4. The fourth-order valence-electron chi connectivity index (χ4n) is 5.85. The van der Waals surface area contributed by atoms with Gasteiger partial charge in [0.05, 0.1) is 23.6 Å². The highest BCUT2D eigenvalue weighted by Crippen LogP contribution is 2.43. The van der Waals surface area contributed by atoms with Gasteiger partial charge in [-0.1, -0.05) is 30.3 Å². The lowest BCUT2D eigenvalue weighted by Crippen LogP contribution is -2.35. The molecular formula is C30H30FN5O2S. The predicted octanol–water partition coefficient (Wildman–Crippen LogP) is 5.17. The molecule has 1 saturated heterocycles. The Balaban J connectivity index is 1.40. The number of hydrogen-bond donors (Lipinski definition) is 0. The summed E-state index contributed by atoms with van der Waals surface area (Å²) in [4.78, 5) is 0.219. The molecule has 39 heavy (non-hydrogen) atoms. The fraction of sp³-hybridized carbons (Fsp3) is 0.267. The summed E-state index contributed by atoms with van der Waals surface area (Å²) < 4.78 is 45.6. The van der Waals surface area contributed by atoms with Gasteiger partial charge in [0.2, 0.25) is 10.0 Å². The van der Waals surface area contributed by atoms with Gasteiger partial charge in [-0.2, -0.15) is 14.5 Å². The first kappa shape index (κ1) is 25.5. The highest BCUT2D eigenvalue weighted by molar-refractivity contribution is 7.89. The smallest absolute Gasteiger partial charge is 0.246 e. The molecule has 0 spiro atoms. The summed E-state index contributed by atoms with van der Waals surface area (Å²) in [6, 6.07) is 20.9. The van der Waals surface area contributed by atoms with E-state index in [0.717, 1.165) is 47.0 Å². The van der Waals surface area contributed by atoms with Gasteiger partial charge in [0, 0.05) is 37.1 Å². The average molecular weight is 544 g/mol. The third-order valence-electron chi connectivity index (χ3n) is 7.93. The molecule has 0 amide bonds. The van der Waals surface area contributed by atoms with E-state index in [-0.39, 0.29) is 16.1 Å². The Morgan fingerprint density at radius 1 is 1.00 bits per heavy atom. The van der Waals surface area contributed by atoms with E-state index in [0.29, 0.717) is 13.1 Å². The van der Waals surface area contributed by atoms with Gasteiger partial charge in [0.15, 0.2) is 0 Å². The Morgan fingerprint density at radius 3 is 2.49 bits per heavy atom. The van der Waals surface area contributed by atoms with Crippen molar-refractivity contribution in [1.82, 2.24) is 23.9 Å². The molecule has 0 N–H and O–H groups in total. The van der Waals surface area contributed by atoms with Gasteiger partial charge in [0.1, 0.15) is 10.7 Å². The first-order valence-electron chi connectivity index (χ1n) is 13.0. The minimum Gasteiger partial charge on any atom is -0.274 e. The summed E-state index contributed by atoms with van der Waals surface area (Å²) in [5, 5.41) is 9.65. The van der Waals surface area contributed by atoms with Crippen molar-refractivity contribution in [2.45, 2.75) is 36.5 Å². The SMILES string of the molecule is Cc1cc2c(cnn2-c2ccc(F)cc2)cc1C1(CCc2ccccc2)CCN(S(=O)(=O)c2cnn(C)c2)C1. The largest absolute Gasteiger partial charge is 0.274 e. The zero-order valence-corrected chi connectivity index (χ0v) is 22.8. The molecule has 1 unspecified atom stereocenters. The number of sulfonamides is 1. The maximum Gasteiger partial charge on any atom is 0.246 e. The molecule has 200 valence electrons. The molecule has 0 bridgehead atoms. The highest BCUT2D eigenvalue weighted by Gasteiger charge is 2.45. The van der Waals surface area contributed by atoms with E-state index < -0.39 is 10.0 Å². The van der Waals surface area contributed by atoms with E-state index in [9.17, 15) is 12.8 Å². The molecule has 0 saturated carbocycles. The monoisotopic (exact) mass is 543 g/mol. The van der Waals surface area contributed by atoms with E-state index in [4.69, 9.17) is 0 Å². The number of nitrogens with zero attached hydrogens (tertiary/aromatic N) is 5. The summed E-state index contributed by atoms with van der Waals surface area (Å²) in [6.07, 6.45) is 7.17. The standard InChI is InChI=1S/C30H30FN5O2S/c1-22-16-29-24(18-33-36(29)26-10-8-25(31)9-11-26)17-28(22)30(13-12-23-6-4-3-5-7-23)14-15-35(21-30)39(37,38)27-19-32-34(2)20-27/h3-11,16-20H,12-15,21H2,1-2H3. The zero-order valence-electron chi connectivity index (χ0n) is 22.0. The van der Waals surface area contributed by atoms with Crippen molar-refractivity contribution < 1.29 is 12.8 Å². The number of halogens is 1. The third kappa shape index (κ3) is 4.66. The van der Waals surface area contributed by atoms with Crippen LogP contribution in [0.25, 0.3) is 16.6 Å². The van der Waals surface area contributed by atoms with Gasteiger partial charge in [-0.15, -0.1) is 0 Å². The minimum absolute atomic E-state index is 0.219. The van der Waals surface area contributed by atoms with Crippen LogP contribution in [0.3, 0.4) is 0 Å². The van der Waals surface area contributed by atoms with Crippen LogP contribution in [0.1, 0.15) is 29.5 Å². The van der Waals surface area contributed by atoms with E-state index in [2.05, 4.69) is 41.4 Å². The number of aromatic nitrogens is 4. The van der Waals surface area contributed by atoms with Gasteiger partial charge in [-0.3, -0.25) is 4.68 Å². The molecule has 1 aliphatic rings. The van der Waals surface area contributed by atoms with Crippen molar-refractivity contribution in [2.75, 3.05) is 13.1 Å². The molecule has 3 aromatic carbocycles. The Labute approximate surface area is 227 Å². The normalized spacial score (nSPS) is 18.2. The molecule has 0 radical (unpaired) electrons. The van der Waals surface area contributed by atoms with Crippen LogP contribution in [0.5, 0.6) is 0 Å². The zero-order chi connectivity index (χ0) is 27.2. The van der Waals surface area contributed by atoms with Crippen LogP contribution in [0.4, 0.5) is 4.39 Å². The van der Waals surface area contributed by atoms with E-state index in [1.165, 1.54) is 28.6 Å². The van der Waals surface area contributed by atoms with Crippen molar-refractivity contribution >= 4 is 20.9 Å². The molecule has 1 aliphatic heterocycles. The second kappa shape index (κ2) is 9.73. The molecule has 7 nitrogen and oxygen atoms in total. The third-order valence-corrected chi connectivity index (χ3v) is 9.73. The fourth-order valence-corrected chi connectivity index (χ4v) is 7.36. The van der Waals surface area contributed by atoms with Crippen molar-refractivity contribution in [3.8, 4) is 5.69 Å². The van der Waals surface area contributed by atoms with Crippen LogP contribution in [-0.4, -0.2) is 45.4 Å². The lowest BCUT2D eigenvalue weighted by Gasteiger charge is -2.32. The number of aryl methyl sites for hydroxylation is 3. The quantitative estimate of drug-likeness (QED) is 0.284. The summed E-state index contributed by atoms with van der Waals surface area (Å²) >= 11 is 0. The molecule has 2 aromatic heterocycles. The Kier molecular flexibility index (Phi) is 6.35. The van der Waals surface area contributed by atoms with Crippen molar-refractivity contribution in [2.24, 2.45) is 7.05 Å². The second-order valence-corrected chi connectivity index (χ2v) is 12.4. The highest BCUT2D eigenvalue weighted by atomic mass is 32.2. The van der Waals surface area contributed by atoms with Gasteiger partial charge < -0.3 is 0 Å². The van der Waals surface area contributed by atoms with Crippen molar-refractivity contribution in [3.05, 3.63) is 108 Å². The molecule has 9 heteroatoms. The Morgan fingerprint density at radius 2 is 1.77 bits per heavy atom. The first-order valence-corrected chi connectivity index (χ1v) is 14.5. The van der Waals surface area contributed by atoms with E-state index in [1.54, 1.807) is 29.7 Å². The van der Waals surface area contributed by atoms with Crippen LogP contribution in [0.15, 0.2) is 90.2 Å². The average Bonchev–Trinajstić information content (AvgIpc) is 3.67. The predicted molar refractivity (Wildman–Crippen MR) is 149 cm³/mol. The molecule has 5 aromatic rings. The lowest BCUT2D eigenvalue weighted by atomic mass is 9.73. The molecule has 3 heterocycles. The van der Waals surface area contributed by atoms with Crippen molar-refractivity contribution in [1.29, 1.82) is 0 Å². The number of rotatable bonds is 7. The van der Waals surface area contributed by atoms with Gasteiger partial charge in [-0.05, 0) is 79.3 Å². The molecule has 0 aliphatic carbocycles. The summed E-state index contributed by atoms with van der Waals surface area (Å²) in [5.41, 5.74) is 4.81. The molecule has 6 rings (SSSR count). The summed E-state index contributed by atoms with van der Waals surface area (Å²) in [7, 11) is -1.95. The summed E-state index contributed by atoms with van der Waals surface area (Å²) in [6.45, 7) is 2.92.